The van der Waals surface area contributed by atoms with Crippen LogP contribution in [0.4, 0.5) is 5.69 Å². The molecule has 1 N–H and O–H groups in total. The minimum absolute atomic E-state index is 0.229. The summed E-state index contributed by atoms with van der Waals surface area (Å²) in [6.07, 6.45) is 0. The minimum atomic E-state index is -0.229. The fourth-order valence-electron chi connectivity index (χ4n) is 2.50. The van der Waals surface area contributed by atoms with Crippen LogP contribution in [-0.4, -0.2) is 32.7 Å². The number of anilines is 1. The second-order valence-electron chi connectivity index (χ2n) is 5.52. The third kappa shape index (κ3) is 3.50. The lowest BCUT2D eigenvalue weighted by atomic mass is 10.1. The molecule has 0 radical (unpaired) electrons. The molecule has 0 aliphatic carbocycles. The predicted octanol–water partition coefficient (Wildman–Crippen LogP) is 2.93. The summed E-state index contributed by atoms with van der Waals surface area (Å²) in [7, 11) is 0. The van der Waals surface area contributed by atoms with Gasteiger partial charge in [-0.05, 0) is 61.0 Å². The molecule has 0 aliphatic heterocycles. The predicted molar refractivity (Wildman–Crippen MR) is 94.2 cm³/mol. The van der Waals surface area contributed by atoms with Gasteiger partial charge in [-0.25, -0.2) is 0 Å². The van der Waals surface area contributed by atoms with Crippen LogP contribution >= 0.6 is 0 Å². The minimum Gasteiger partial charge on any atom is -0.493 e. The van der Waals surface area contributed by atoms with Crippen LogP contribution in [0.2, 0.25) is 0 Å². The van der Waals surface area contributed by atoms with Crippen molar-refractivity contribution in [3.63, 3.8) is 0 Å². The molecular formula is C18H19N5O2. The number of hydrogen-bond donors (Lipinski definition) is 1. The molecule has 7 heteroatoms. The number of para-hydroxylation sites is 1. The highest BCUT2D eigenvalue weighted by atomic mass is 16.5. The number of aryl methyl sites for hydroxylation is 2. The van der Waals surface area contributed by atoms with E-state index in [1.165, 1.54) is 0 Å². The van der Waals surface area contributed by atoms with Gasteiger partial charge in [0.1, 0.15) is 5.75 Å². The summed E-state index contributed by atoms with van der Waals surface area (Å²) in [5, 5.41) is 14.5. The summed E-state index contributed by atoms with van der Waals surface area (Å²) in [4.78, 5) is 12.6. The van der Waals surface area contributed by atoms with Gasteiger partial charge in [0.05, 0.1) is 17.9 Å². The first kappa shape index (κ1) is 16.6. The number of carbonyl (C=O) groups is 1. The number of hydrogen-bond acceptors (Lipinski definition) is 5. The average molecular weight is 337 g/mol. The summed E-state index contributed by atoms with van der Waals surface area (Å²) in [6, 6.07) is 12.8. The highest BCUT2D eigenvalue weighted by Crippen LogP contribution is 2.22. The van der Waals surface area contributed by atoms with Crippen LogP contribution < -0.4 is 10.1 Å². The van der Waals surface area contributed by atoms with E-state index < -0.39 is 0 Å². The van der Waals surface area contributed by atoms with Gasteiger partial charge in [0.25, 0.3) is 5.91 Å². The maximum absolute atomic E-state index is 12.6. The van der Waals surface area contributed by atoms with Crippen molar-refractivity contribution in [2.45, 2.75) is 20.8 Å². The van der Waals surface area contributed by atoms with E-state index in [0.717, 1.165) is 11.3 Å². The number of ether oxygens (including phenoxy) is 1. The van der Waals surface area contributed by atoms with Gasteiger partial charge in [-0.3, -0.25) is 4.79 Å². The van der Waals surface area contributed by atoms with Crippen LogP contribution in [0.25, 0.3) is 5.69 Å². The van der Waals surface area contributed by atoms with Crippen LogP contribution in [0.15, 0.2) is 42.5 Å². The van der Waals surface area contributed by atoms with E-state index in [0.29, 0.717) is 29.4 Å². The number of nitrogens with zero attached hydrogens (tertiary/aromatic N) is 4. The molecular weight excluding hydrogens is 318 g/mol. The SMILES string of the molecule is CCOc1ccccc1C(=O)Nc1ccc(C)c(-n2nnnc2C)c1. The van der Waals surface area contributed by atoms with E-state index in [2.05, 4.69) is 20.8 Å². The van der Waals surface area contributed by atoms with Gasteiger partial charge in [-0.2, -0.15) is 4.68 Å². The molecule has 128 valence electrons. The molecule has 25 heavy (non-hydrogen) atoms. The number of tetrazole rings is 1. The van der Waals surface area contributed by atoms with Crippen LogP contribution in [0, 0.1) is 13.8 Å². The Morgan fingerprint density at radius 1 is 1.20 bits per heavy atom. The Kier molecular flexibility index (Phi) is 4.74. The molecule has 0 saturated carbocycles. The summed E-state index contributed by atoms with van der Waals surface area (Å²) in [5.74, 6) is 1.01. The first-order valence-electron chi connectivity index (χ1n) is 7.99. The van der Waals surface area contributed by atoms with E-state index in [-0.39, 0.29) is 5.91 Å². The fourth-order valence-corrected chi connectivity index (χ4v) is 2.50. The molecule has 1 heterocycles. The first-order valence-corrected chi connectivity index (χ1v) is 7.99. The van der Waals surface area contributed by atoms with Crippen LogP contribution in [-0.2, 0) is 0 Å². The molecule has 0 spiro atoms. The third-order valence-electron chi connectivity index (χ3n) is 3.75. The Morgan fingerprint density at radius 2 is 2.00 bits per heavy atom. The van der Waals surface area contributed by atoms with Crippen molar-refractivity contribution in [2.24, 2.45) is 0 Å². The van der Waals surface area contributed by atoms with Gasteiger partial charge in [0.2, 0.25) is 0 Å². The van der Waals surface area contributed by atoms with E-state index >= 15 is 0 Å². The van der Waals surface area contributed by atoms with Gasteiger partial charge >= 0.3 is 0 Å². The Bertz CT molecular complexity index is 904. The van der Waals surface area contributed by atoms with Crippen molar-refractivity contribution in [3.05, 3.63) is 59.4 Å². The van der Waals surface area contributed by atoms with Gasteiger partial charge < -0.3 is 10.1 Å². The first-order chi connectivity index (χ1) is 12.1. The van der Waals surface area contributed by atoms with Gasteiger partial charge in [0.15, 0.2) is 5.82 Å². The molecule has 0 bridgehead atoms. The summed E-state index contributed by atoms with van der Waals surface area (Å²) >= 11 is 0. The molecule has 0 aliphatic rings. The molecule has 3 rings (SSSR count). The van der Waals surface area contributed by atoms with Crippen molar-refractivity contribution in [1.82, 2.24) is 20.2 Å². The second kappa shape index (κ2) is 7.12. The number of nitrogens with one attached hydrogen (secondary N) is 1. The lowest BCUT2D eigenvalue weighted by Gasteiger charge is -2.12. The fraction of sp³-hybridized carbons (Fsp3) is 0.222. The number of benzene rings is 2. The number of aromatic nitrogens is 4. The summed E-state index contributed by atoms with van der Waals surface area (Å²) in [5.41, 5.74) is 2.97. The van der Waals surface area contributed by atoms with Crippen molar-refractivity contribution < 1.29 is 9.53 Å². The zero-order valence-corrected chi connectivity index (χ0v) is 14.4. The van der Waals surface area contributed by atoms with Crippen LogP contribution in [0.1, 0.15) is 28.7 Å². The molecule has 0 saturated heterocycles. The van der Waals surface area contributed by atoms with E-state index in [4.69, 9.17) is 4.74 Å². The maximum atomic E-state index is 12.6. The van der Waals surface area contributed by atoms with Crippen molar-refractivity contribution in [3.8, 4) is 11.4 Å². The third-order valence-corrected chi connectivity index (χ3v) is 3.75. The number of rotatable bonds is 5. The monoisotopic (exact) mass is 337 g/mol. The molecule has 0 atom stereocenters. The molecule has 3 aromatic rings. The van der Waals surface area contributed by atoms with Crippen LogP contribution in [0.5, 0.6) is 5.75 Å². The smallest absolute Gasteiger partial charge is 0.259 e. The maximum Gasteiger partial charge on any atom is 0.259 e. The standard InChI is InChI=1S/C18H19N5O2/c1-4-25-17-8-6-5-7-15(17)18(24)19-14-10-9-12(2)16(11-14)23-13(3)20-21-22-23/h5-11H,4H2,1-3H3,(H,19,24). The quantitative estimate of drug-likeness (QED) is 0.774. The molecule has 2 aromatic carbocycles. The largest absolute Gasteiger partial charge is 0.493 e. The Balaban J connectivity index is 1.89. The summed E-state index contributed by atoms with van der Waals surface area (Å²) in [6.45, 7) is 6.17. The molecule has 0 fully saturated rings. The van der Waals surface area contributed by atoms with Gasteiger partial charge in [-0.1, -0.05) is 18.2 Å². The highest BCUT2D eigenvalue weighted by Gasteiger charge is 2.14. The van der Waals surface area contributed by atoms with Crippen LogP contribution in [0.3, 0.4) is 0 Å². The van der Waals surface area contributed by atoms with Gasteiger partial charge in [-0.15, -0.1) is 5.10 Å². The van der Waals surface area contributed by atoms with E-state index in [9.17, 15) is 4.79 Å². The van der Waals surface area contributed by atoms with Crippen molar-refractivity contribution in [1.29, 1.82) is 0 Å². The van der Waals surface area contributed by atoms with Crippen molar-refractivity contribution in [2.75, 3.05) is 11.9 Å². The van der Waals surface area contributed by atoms with E-state index in [1.54, 1.807) is 16.8 Å². The second-order valence-corrected chi connectivity index (χ2v) is 5.52. The molecule has 7 nitrogen and oxygen atoms in total. The lowest BCUT2D eigenvalue weighted by molar-refractivity contribution is 0.102. The Labute approximate surface area is 145 Å². The molecule has 1 amide bonds. The topological polar surface area (TPSA) is 81.9 Å². The Morgan fingerprint density at radius 3 is 2.72 bits per heavy atom. The number of amides is 1. The Hall–Kier alpha value is -3.22. The molecule has 0 unspecified atom stereocenters. The zero-order chi connectivity index (χ0) is 17.8. The zero-order valence-electron chi connectivity index (χ0n) is 14.4. The molecule has 1 aromatic heterocycles. The van der Waals surface area contributed by atoms with Crippen molar-refractivity contribution >= 4 is 11.6 Å². The normalized spacial score (nSPS) is 10.5. The lowest BCUT2D eigenvalue weighted by Crippen LogP contribution is -2.14. The highest BCUT2D eigenvalue weighted by molar-refractivity contribution is 6.06. The summed E-state index contributed by atoms with van der Waals surface area (Å²) < 4.78 is 7.16. The average Bonchev–Trinajstić information content (AvgIpc) is 3.03. The van der Waals surface area contributed by atoms with E-state index in [1.807, 2.05) is 51.1 Å². The van der Waals surface area contributed by atoms with Gasteiger partial charge in [0, 0.05) is 5.69 Å². The number of carbonyl (C=O) groups excluding carboxylic acids is 1.